The van der Waals surface area contributed by atoms with Crippen LogP contribution in [0.4, 0.5) is 4.79 Å². The lowest BCUT2D eigenvalue weighted by molar-refractivity contribution is -0.134. The zero-order valence-electron chi connectivity index (χ0n) is 11.3. The van der Waals surface area contributed by atoms with Gasteiger partial charge in [-0.15, -0.1) is 0 Å². The first-order chi connectivity index (χ1) is 8.87. The average Bonchev–Trinajstić information content (AvgIpc) is 2.88. The summed E-state index contributed by atoms with van der Waals surface area (Å²) in [7, 11) is 0. The maximum absolute atomic E-state index is 12.2. The molecule has 1 atom stereocenters. The Kier molecular flexibility index (Phi) is 3.49. The van der Waals surface area contributed by atoms with Gasteiger partial charge in [-0.25, -0.2) is 4.79 Å². The topological polar surface area (TPSA) is 95.7 Å². The molecule has 0 bridgehead atoms. The summed E-state index contributed by atoms with van der Waals surface area (Å²) in [6.07, 6.45) is 1.83. The third kappa shape index (κ3) is 2.30. The van der Waals surface area contributed by atoms with E-state index in [9.17, 15) is 14.4 Å². The van der Waals surface area contributed by atoms with Crippen LogP contribution in [0.2, 0.25) is 0 Å². The summed E-state index contributed by atoms with van der Waals surface area (Å²) in [4.78, 5) is 38.6. The molecule has 1 unspecified atom stereocenters. The van der Waals surface area contributed by atoms with Gasteiger partial charge in [0.05, 0.1) is 0 Å². The van der Waals surface area contributed by atoms with Gasteiger partial charge in [0.15, 0.2) is 0 Å². The fourth-order valence-corrected chi connectivity index (χ4v) is 2.60. The molecule has 3 N–H and O–H groups in total. The molecule has 4 amide bonds. The van der Waals surface area contributed by atoms with Crippen LogP contribution in [-0.2, 0) is 9.59 Å². The van der Waals surface area contributed by atoms with E-state index < -0.39 is 11.6 Å². The highest BCUT2D eigenvalue weighted by atomic mass is 16.2. The summed E-state index contributed by atoms with van der Waals surface area (Å²) < 4.78 is 0. The summed E-state index contributed by atoms with van der Waals surface area (Å²) >= 11 is 0. The van der Waals surface area contributed by atoms with Gasteiger partial charge in [-0.05, 0) is 26.7 Å². The van der Waals surface area contributed by atoms with E-state index in [0.717, 1.165) is 12.8 Å². The minimum atomic E-state index is -0.981. The molecule has 0 saturated carbocycles. The molecule has 0 aromatic carbocycles. The number of nitrogens with zero attached hydrogens (tertiary/aromatic N) is 2. The Balaban J connectivity index is 2.06. The third-order valence-corrected chi connectivity index (χ3v) is 3.96. The van der Waals surface area contributed by atoms with Crippen molar-refractivity contribution < 1.29 is 14.4 Å². The maximum atomic E-state index is 12.2. The molecule has 2 saturated heterocycles. The van der Waals surface area contributed by atoms with Crippen LogP contribution in [0.15, 0.2) is 0 Å². The molecule has 2 aliphatic heterocycles. The molecule has 2 heterocycles. The van der Waals surface area contributed by atoms with E-state index >= 15 is 0 Å². The van der Waals surface area contributed by atoms with Crippen molar-refractivity contribution in [3.63, 3.8) is 0 Å². The van der Waals surface area contributed by atoms with Crippen molar-refractivity contribution in [1.82, 2.24) is 15.1 Å². The Bertz CT molecular complexity index is 421. The van der Waals surface area contributed by atoms with Gasteiger partial charge < -0.3 is 15.5 Å². The lowest BCUT2D eigenvalue weighted by atomic mass is 10.0. The number of hydrogen-bond acceptors (Lipinski definition) is 4. The number of likely N-dealkylation sites (tertiary alicyclic amines) is 1. The molecular weight excluding hydrogens is 248 g/mol. The fraction of sp³-hybridized carbons (Fsp3) is 0.750. The molecule has 7 heteroatoms. The number of imide groups is 1. The molecule has 7 nitrogen and oxygen atoms in total. The van der Waals surface area contributed by atoms with Gasteiger partial charge in [-0.3, -0.25) is 14.9 Å². The predicted molar refractivity (Wildman–Crippen MR) is 68.1 cm³/mol. The lowest BCUT2D eigenvalue weighted by Crippen LogP contribution is -2.51. The molecule has 2 aliphatic rings. The summed E-state index contributed by atoms with van der Waals surface area (Å²) in [6, 6.07) is -0.455. The first-order valence-corrected chi connectivity index (χ1v) is 6.50. The molecule has 0 aromatic heterocycles. The van der Waals surface area contributed by atoms with Gasteiger partial charge in [-0.1, -0.05) is 0 Å². The van der Waals surface area contributed by atoms with Gasteiger partial charge in [-0.2, -0.15) is 0 Å². The van der Waals surface area contributed by atoms with Crippen molar-refractivity contribution >= 4 is 17.8 Å². The smallest absolute Gasteiger partial charge is 0.325 e. The number of hydrogen-bond donors (Lipinski definition) is 2. The van der Waals surface area contributed by atoms with Crippen LogP contribution < -0.4 is 11.1 Å². The van der Waals surface area contributed by atoms with Crippen LogP contribution in [0.1, 0.15) is 26.7 Å². The van der Waals surface area contributed by atoms with Crippen LogP contribution in [0.5, 0.6) is 0 Å². The standard InChI is InChI=1S/C12H20N4O3/c1-12(2)10(18)14-11(19)16(12)7-9(17)15-5-3-4-8(15)6-13/h8H,3-7,13H2,1-2H3,(H,14,18,19). The minimum Gasteiger partial charge on any atom is -0.337 e. The highest BCUT2D eigenvalue weighted by Crippen LogP contribution is 2.22. The highest BCUT2D eigenvalue weighted by molar-refractivity contribution is 6.07. The van der Waals surface area contributed by atoms with Crippen molar-refractivity contribution in [1.29, 1.82) is 0 Å². The molecule has 0 radical (unpaired) electrons. The second kappa shape index (κ2) is 4.80. The predicted octanol–water partition coefficient (Wildman–Crippen LogP) is -0.733. The van der Waals surface area contributed by atoms with Gasteiger partial charge in [0.2, 0.25) is 5.91 Å². The maximum Gasteiger partial charge on any atom is 0.325 e. The number of urea groups is 1. The molecule has 0 aliphatic carbocycles. The Hall–Kier alpha value is -1.63. The zero-order chi connectivity index (χ0) is 14.2. The van der Waals surface area contributed by atoms with Crippen LogP contribution >= 0.6 is 0 Å². The van der Waals surface area contributed by atoms with Gasteiger partial charge in [0.25, 0.3) is 5.91 Å². The summed E-state index contributed by atoms with van der Waals surface area (Å²) in [6.45, 7) is 4.28. The Morgan fingerprint density at radius 1 is 1.47 bits per heavy atom. The number of amides is 4. The second-order valence-electron chi connectivity index (χ2n) is 5.52. The number of nitrogens with two attached hydrogens (primary N) is 1. The van der Waals surface area contributed by atoms with Crippen LogP contribution in [0.3, 0.4) is 0 Å². The van der Waals surface area contributed by atoms with Crippen LogP contribution in [0, 0.1) is 0 Å². The average molecular weight is 268 g/mol. The first-order valence-electron chi connectivity index (χ1n) is 6.50. The minimum absolute atomic E-state index is 0.0528. The van der Waals surface area contributed by atoms with Gasteiger partial charge in [0.1, 0.15) is 12.1 Å². The Morgan fingerprint density at radius 2 is 2.16 bits per heavy atom. The molecule has 2 fully saturated rings. The monoisotopic (exact) mass is 268 g/mol. The van der Waals surface area contributed by atoms with Crippen molar-refractivity contribution in [2.24, 2.45) is 5.73 Å². The molecule has 19 heavy (non-hydrogen) atoms. The summed E-state index contributed by atoms with van der Waals surface area (Å²) in [5.41, 5.74) is 4.65. The Morgan fingerprint density at radius 3 is 2.68 bits per heavy atom. The van der Waals surface area contributed by atoms with Crippen molar-refractivity contribution in [3.05, 3.63) is 0 Å². The number of nitrogens with one attached hydrogen (secondary N) is 1. The van der Waals surface area contributed by atoms with Gasteiger partial charge in [0, 0.05) is 19.1 Å². The van der Waals surface area contributed by atoms with E-state index in [0.29, 0.717) is 13.1 Å². The third-order valence-electron chi connectivity index (χ3n) is 3.96. The number of rotatable bonds is 3. The van der Waals surface area contributed by atoms with Crippen molar-refractivity contribution in [3.8, 4) is 0 Å². The summed E-state index contributed by atoms with van der Waals surface area (Å²) in [5, 5.41) is 2.23. The SMILES string of the molecule is CC1(C)C(=O)NC(=O)N1CC(=O)N1CCCC1CN. The molecule has 0 aromatic rings. The lowest BCUT2D eigenvalue weighted by Gasteiger charge is -2.31. The van der Waals surface area contributed by atoms with Gasteiger partial charge >= 0.3 is 6.03 Å². The van der Waals surface area contributed by atoms with E-state index in [1.54, 1.807) is 18.7 Å². The van der Waals surface area contributed by atoms with Crippen LogP contribution in [0.25, 0.3) is 0 Å². The van der Waals surface area contributed by atoms with E-state index in [1.807, 2.05) is 0 Å². The molecule has 106 valence electrons. The molecule has 0 spiro atoms. The zero-order valence-corrected chi connectivity index (χ0v) is 11.3. The fourth-order valence-electron chi connectivity index (χ4n) is 2.60. The Labute approximate surface area is 112 Å². The van der Waals surface area contributed by atoms with Crippen molar-refractivity contribution in [2.45, 2.75) is 38.3 Å². The van der Waals surface area contributed by atoms with E-state index in [1.165, 1.54) is 4.90 Å². The second-order valence-corrected chi connectivity index (χ2v) is 5.52. The highest BCUT2D eigenvalue weighted by Gasteiger charge is 2.47. The normalized spacial score (nSPS) is 25.9. The van der Waals surface area contributed by atoms with E-state index in [-0.39, 0.29) is 24.4 Å². The quantitative estimate of drug-likeness (QED) is 0.659. The summed E-state index contributed by atoms with van der Waals surface area (Å²) in [5.74, 6) is -0.520. The molecule has 2 rings (SSSR count). The van der Waals surface area contributed by atoms with Crippen LogP contribution in [-0.4, -0.2) is 58.9 Å². The first kappa shape index (κ1) is 13.8. The van der Waals surface area contributed by atoms with E-state index in [2.05, 4.69) is 5.32 Å². The largest absolute Gasteiger partial charge is 0.337 e. The van der Waals surface area contributed by atoms with E-state index in [4.69, 9.17) is 5.73 Å². The molecular formula is C12H20N4O3. The number of carbonyl (C=O) groups excluding carboxylic acids is 3. The van der Waals surface area contributed by atoms with Crippen molar-refractivity contribution in [2.75, 3.05) is 19.6 Å². The number of carbonyl (C=O) groups is 3.